The van der Waals surface area contributed by atoms with Gasteiger partial charge in [-0.05, 0) is 29.8 Å². The average molecular weight is 392 g/mol. The van der Waals surface area contributed by atoms with Gasteiger partial charge in [-0.3, -0.25) is 9.10 Å². The van der Waals surface area contributed by atoms with Crippen LogP contribution in [-0.2, 0) is 21.4 Å². The van der Waals surface area contributed by atoms with Crippen molar-refractivity contribution in [3.8, 4) is 11.5 Å². The minimum atomic E-state index is -3.53. The van der Waals surface area contributed by atoms with Crippen LogP contribution in [0.1, 0.15) is 12.0 Å². The summed E-state index contributed by atoms with van der Waals surface area (Å²) in [6.45, 7) is 0.404. The topological polar surface area (TPSA) is 84.9 Å². The normalized spacial score (nSPS) is 10.9. The quantitative estimate of drug-likeness (QED) is 0.707. The summed E-state index contributed by atoms with van der Waals surface area (Å²) < 4.78 is 35.7. The molecule has 0 spiro atoms. The predicted molar refractivity (Wildman–Crippen MR) is 105 cm³/mol. The van der Waals surface area contributed by atoms with Gasteiger partial charge in [0.15, 0.2) is 0 Å². The van der Waals surface area contributed by atoms with E-state index in [2.05, 4.69) is 5.32 Å². The van der Waals surface area contributed by atoms with Gasteiger partial charge in [0.25, 0.3) is 0 Å². The summed E-state index contributed by atoms with van der Waals surface area (Å²) >= 11 is 0. The molecule has 0 aliphatic rings. The number of nitrogens with zero attached hydrogens (tertiary/aromatic N) is 1. The van der Waals surface area contributed by atoms with Crippen LogP contribution in [0.3, 0.4) is 0 Å². The van der Waals surface area contributed by atoms with Crippen molar-refractivity contribution in [2.24, 2.45) is 0 Å². The molecule has 1 amide bonds. The van der Waals surface area contributed by atoms with Crippen molar-refractivity contribution < 1.29 is 22.7 Å². The van der Waals surface area contributed by atoms with Crippen molar-refractivity contribution in [1.82, 2.24) is 5.32 Å². The van der Waals surface area contributed by atoms with E-state index in [0.29, 0.717) is 18.0 Å². The third-order valence-electron chi connectivity index (χ3n) is 3.93. The van der Waals surface area contributed by atoms with Gasteiger partial charge in [-0.1, -0.05) is 18.2 Å². The van der Waals surface area contributed by atoms with Gasteiger partial charge in [-0.2, -0.15) is 0 Å². The Kier molecular flexibility index (Phi) is 7.06. The number of ether oxygens (including phenoxy) is 2. The van der Waals surface area contributed by atoms with Crippen molar-refractivity contribution in [1.29, 1.82) is 0 Å². The van der Waals surface area contributed by atoms with Gasteiger partial charge >= 0.3 is 0 Å². The van der Waals surface area contributed by atoms with Crippen LogP contribution in [0.25, 0.3) is 0 Å². The molecule has 0 unspecified atom stereocenters. The van der Waals surface area contributed by atoms with E-state index < -0.39 is 10.0 Å². The second-order valence-corrected chi connectivity index (χ2v) is 7.82. The smallest absolute Gasteiger partial charge is 0.232 e. The van der Waals surface area contributed by atoms with Crippen LogP contribution in [0.4, 0.5) is 5.69 Å². The molecule has 0 aliphatic carbocycles. The molecule has 2 aromatic rings. The van der Waals surface area contributed by atoms with E-state index in [0.717, 1.165) is 17.6 Å². The molecule has 0 aromatic heterocycles. The lowest BCUT2D eigenvalue weighted by molar-refractivity contribution is -0.121. The fourth-order valence-corrected chi connectivity index (χ4v) is 3.41. The molecule has 0 aliphatic heterocycles. The molecule has 0 fully saturated rings. The van der Waals surface area contributed by atoms with Crippen LogP contribution in [0.2, 0.25) is 0 Å². The van der Waals surface area contributed by atoms with Crippen molar-refractivity contribution in [2.75, 3.05) is 31.3 Å². The number of anilines is 1. The molecule has 7 nitrogen and oxygen atoms in total. The van der Waals surface area contributed by atoms with Gasteiger partial charge < -0.3 is 14.8 Å². The molecule has 146 valence electrons. The molecule has 0 radical (unpaired) electrons. The first-order chi connectivity index (χ1) is 12.8. The number of methoxy groups -OCH3 is 2. The number of amides is 1. The van der Waals surface area contributed by atoms with Gasteiger partial charge in [-0.15, -0.1) is 0 Å². The average Bonchev–Trinajstić information content (AvgIpc) is 2.66. The first-order valence-electron chi connectivity index (χ1n) is 8.35. The molecule has 0 saturated carbocycles. The van der Waals surface area contributed by atoms with Gasteiger partial charge in [0, 0.05) is 25.6 Å². The maximum Gasteiger partial charge on any atom is 0.232 e. The zero-order valence-electron chi connectivity index (χ0n) is 15.6. The van der Waals surface area contributed by atoms with Crippen LogP contribution in [0.15, 0.2) is 48.5 Å². The number of benzene rings is 2. The molecule has 2 rings (SSSR count). The first-order valence-corrected chi connectivity index (χ1v) is 10.2. The zero-order chi connectivity index (χ0) is 19.9. The summed E-state index contributed by atoms with van der Waals surface area (Å²) in [6.07, 6.45) is 1.15. The monoisotopic (exact) mass is 392 g/mol. The van der Waals surface area contributed by atoms with E-state index >= 15 is 0 Å². The molecular formula is C19H24N2O5S. The third kappa shape index (κ3) is 6.18. The minimum Gasteiger partial charge on any atom is -0.497 e. The first kappa shape index (κ1) is 20.6. The van der Waals surface area contributed by atoms with Crippen LogP contribution in [-0.4, -0.2) is 41.3 Å². The van der Waals surface area contributed by atoms with E-state index in [-0.39, 0.29) is 18.9 Å². The highest BCUT2D eigenvalue weighted by molar-refractivity contribution is 7.92. The Morgan fingerprint density at radius 1 is 1.04 bits per heavy atom. The molecule has 0 bridgehead atoms. The van der Waals surface area contributed by atoms with Gasteiger partial charge in [0.1, 0.15) is 11.5 Å². The van der Waals surface area contributed by atoms with Crippen molar-refractivity contribution in [3.05, 3.63) is 54.1 Å². The highest BCUT2D eigenvalue weighted by atomic mass is 32.2. The predicted octanol–water partition coefficient (Wildman–Crippen LogP) is 2.18. The van der Waals surface area contributed by atoms with E-state index in [4.69, 9.17) is 9.47 Å². The zero-order valence-corrected chi connectivity index (χ0v) is 16.5. The molecule has 2 aromatic carbocycles. The number of nitrogens with one attached hydrogen (secondary N) is 1. The fourth-order valence-electron chi connectivity index (χ4n) is 2.49. The molecule has 0 atom stereocenters. The van der Waals surface area contributed by atoms with Crippen LogP contribution >= 0.6 is 0 Å². The SMILES string of the molecule is COc1ccc(CNC(=O)CCN(c2cccc(OC)c2)S(C)(=O)=O)cc1. The largest absolute Gasteiger partial charge is 0.497 e. The Morgan fingerprint density at radius 2 is 1.70 bits per heavy atom. The number of sulfonamides is 1. The van der Waals surface area contributed by atoms with Crippen molar-refractivity contribution in [2.45, 2.75) is 13.0 Å². The summed E-state index contributed by atoms with van der Waals surface area (Å²) in [6, 6.07) is 14.1. The third-order valence-corrected chi connectivity index (χ3v) is 5.13. The summed E-state index contributed by atoms with van der Waals surface area (Å²) in [4.78, 5) is 12.1. The van der Waals surface area contributed by atoms with Crippen molar-refractivity contribution in [3.63, 3.8) is 0 Å². The lowest BCUT2D eigenvalue weighted by Crippen LogP contribution is -2.34. The Bertz CT molecular complexity index is 866. The molecule has 0 saturated heterocycles. The van der Waals surface area contributed by atoms with E-state index in [1.807, 2.05) is 24.3 Å². The Morgan fingerprint density at radius 3 is 2.30 bits per heavy atom. The summed E-state index contributed by atoms with van der Waals surface area (Å²) in [5.74, 6) is 1.06. The number of carbonyl (C=O) groups excluding carboxylic acids is 1. The Labute approximate surface area is 160 Å². The van der Waals surface area contributed by atoms with Crippen LogP contribution < -0.4 is 19.1 Å². The highest BCUT2D eigenvalue weighted by Crippen LogP contribution is 2.23. The van der Waals surface area contributed by atoms with Gasteiger partial charge in [-0.25, -0.2) is 8.42 Å². The number of carbonyl (C=O) groups is 1. The molecular weight excluding hydrogens is 368 g/mol. The Hall–Kier alpha value is -2.74. The van der Waals surface area contributed by atoms with Crippen molar-refractivity contribution >= 4 is 21.6 Å². The summed E-state index contributed by atoms with van der Waals surface area (Å²) in [5, 5.41) is 2.79. The Balaban J connectivity index is 1.96. The fraction of sp³-hybridized carbons (Fsp3) is 0.316. The maximum atomic E-state index is 12.1. The molecule has 0 heterocycles. The molecule has 8 heteroatoms. The van der Waals surface area contributed by atoms with E-state index in [9.17, 15) is 13.2 Å². The van der Waals surface area contributed by atoms with Crippen LogP contribution in [0.5, 0.6) is 11.5 Å². The number of hydrogen-bond acceptors (Lipinski definition) is 5. The summed E-state index contributed by atoms with van der Waals surface area (Å²) in [7, 11) is -0.429. The number of rotatable bonds is 9. The van der Waals surface area contributed by atoms with Gasteiger partial charge in [0.05, 0.1) is 26.2 Å². The lowest BCUT2D eigenvalue weighted by atomic mass is 10.2. The van der Waals surface area contributed by atoms with E-state index in [1.54, 1.807) is 31.4 Å². The second-order valence-electron chi connectivity index (χ2n) is 5.91. The minimum absolute atomic E-state index is 0.0421. The van der Waals surface area contributed by atoms with E-state index in [1.165, 1.54) is 11.4 Å². The second kappa shape index (κ2) is 9.27. The van der Waals surface area contributed by atoms with Gasteiger partial charge in [0.2, 0.25) is 15.9 Å². The maximum absolute atomic E-state index is 12.1. The molecule has 1 N–H and O–H groups in total. The molecule has 27 heavy (non-hydrogen) atoms. The van der Waals surface area contributed by atoms with Crippen LogP contribution in [0, 0.1) is 0 Å². The summed E-state index contributed by atoms with van der Waals surface area (Å²) in [5.41, 5.74) is 1.39. The lowest BCUT2D eigenvalue weighted by Gasteiger charge is -2.22. The number of hydrogen-bond donors (Lipinski definition) is 1. The standard InChI is InChI=1S/C19H24N2O5S/c1-25-17-9-7-15(8-10-17)14-20-19(22)11-12-21(27(3,23)24)16-5-4-6-18(13-16)26-2/h4-10,13H,11-12,14H2,1-3H3,(H,20,22). The highest BCUT2D eigenvalue weighted by Gasteiger charge is 2.19.